The van der Waals surface area contributed by atoms with Crippen LogP contribution in [0.5, 0.6) is 0 Å². The molecule has 1 heterocycles. The summed E-state index contributed by atoms with van der Waals surface area (Å²) in [5.41, 5.74) is 8.17. The van der Waals surface area contributed by atoms with Crippen LogP contribution < -0.4 is 0 Å². The minimum absolute atomic E-state index is 0.366. The lowest BCUT2D eigenvalue weighted by Crippen LogP contribution is -2.47. The molecule has 1 fully saturated rings. The van der Waals surface area contributed by atoms with Crippen molar-refractivity contribution < 1.29 is 19.5 Å². The van der Waals surface area contributed by atoms with E-state index in [1.54, 1.807) is 0 Å². The molecule has 1 unspecified atom stereocenters. The molecule has 0 saturated carbocycles. The summed E-state index contributed by atoms with van der Waals surface area (Å²) < 4.78 is 0. The van der Waals surface area contributed by atoms with E-state index in [1.807, 2.05) is 0 Å². The number of carbonyl (C=O) groups is 2. The van der Waals surface area contributed by atoms with Crippen LogP contribution in [0.2, 0.25) is 0 Å². The Hall–Kier alpha value is -1.68. The Morgan fingerprint density at radius 3 is 2.79 bits per heavy atom. The normalized spacial score (nSPS) is 21.1. The van der Waals surface area contributed by atoms with E-state index < -0.39 is 17.9 Å². The average molecular weight is 197 g/mol. The summed E-state index contributed by atoms with van der Waals surface area (Å²) in [7, 11) is 0. The predicted octanol–water partition coefficient (Wildman–Crippen LogP) is 0.389. The van der Waals surface area contributed by atoms with Crippen LogP contribution in [0.4, 0.5) is 4.79 Å². The molecule has 0 aromatic carbocycles. The zero-order chi connectivity index (χ0) is 10.6. The van der Waals surface area contributed by atoms with Gasteiger partial charge in [-0.1, -0.05) is 0 Å². The van der Waals surface area contributed by atoms with Gasteiger partial charge in [-0.15, -0.1) is 0 Å². The second-order valence-electron chi connectivity index (χ2n) is 3.13. The number of amides is 1. The molecule has 76 valence electrons. The van der Waals surface area contributed by atoms with Crippen molar-refractivity contribution in [1.29, 1.82) is 0 Å². The van der Waals surface area contributed by atoms with Crippen molar-refractivity contribution in [2.24, 2.45) is 0 Å². The summed E-state index contributed by atoms with van der Waals surface area (Å²) in [6.45, 7) is 0.366. The zero-order valence-corrected chi connectivity index (χ0v) is 7.59. The molecular weight excluding hydrogens is 186 g/mol. The summed E-state index contributed by atoms with van der Waals surface area (Å²) in [5.74, 6) is -0.463. The van der Waals surface area contributed by atoms with Gasteiger partial charge in [-0.2, -0.15) is 4.79 Å². The van der Waals surface area contributed by atoms with Crippen molar-refractivity contribution in [3.05, 3.63) is 5.53 Å². The largest absolute Gasteiger partial charge is 0.465 e. The summed E-state index contributed by atoms with van der Waals surface area (Å²) in [5, 5.41) is 8.79. The van der Waals surface area contributed by atoms with Crippen LogP contribution in [0.15, 0.2) is 0 Å². The van der Waals surface area contributed by atoms with Crippen molar-refractivity contribution in [3.63, 3.8) is 0 Å². The molecule has 0 radical (unpaired) electrons. The first-order valence-electron chi connectivity index (χ1n) is 4.37. The van der Waals surface area contributed by atoms with Crippen LogP contribution in [-0.4, -0.2) is 45.5 Å². The van der Waals surface area contributed by atoms with E-state index >= 15 is 0 Å². The standard InChI is InChI=1S/C8H11N3O3/c9-10-5-7(12)6-3-1-2-4-11(6)8(13)14/h5-6H,1-4H2,(H,13,14). The molecule has 1 N–H and O–H groups in total. The number of ketones is 1. The quantitative estimate of drug-likeness (QED) is 0.394. The highest BCUT2D eigenvalue weighted by atomic mass is 16.4. The molecule has 0 bridgehead atoms. The van der Waals surface area contributed by atoms with E-state index in [-0.39, 0.29) is 0 Å². The molecule has 1 aliphatic rings. The topological polar surface area (TPSA) is 94.0 Å². The Balaban J connectivity index is 2.76. The Bertz CT molecular complexity index is 296. The summed E-state index contributed by atoms with van der Waals surface area (Å²) in [4.78, 5) is 25.7. The van der Waals surface area contributed by atoms with Gasteiger partial charge in [-0.25, -0.2) is 4.79 Å². The Morgan fingerprint density at radius 2 is 2.21 bits per heavy atom. The lowest BCUT2D eigenvalue weighted by Gasteiger charge is -2.30. The maximum atomic E-state index is 11.3. The van der Waals surface area contributed by atoms with Crippen molar-refractivity contribution >= 4 is 18.1 Å². The summed E-state index contributed by atoms with van der Waals surface area (Å²) in [6.07, 6.45) is 1.74. The third-order valence-corrected chi connectivity index (χ3v) is 2.26. The smallest absolute Gasteiger partial charge is 0.407 e. The third-order valence-electron chi connectivity index (χ3n) is 2.26. The Kier molecular flexibility index (Phi) is 3.36. The lowest BCUT2D eigenvalue weighted by atomic mass is 9.99. The number of hydrogen-bond acceptors (Lipinski definition) is 2. The van der Waals surface area contributed by atoms with Crippen LogP contribution in [-0.2, 0) is 4.79 Å². The van der Waals surface area contributed by atoms with Gasteiger partial charge in [0.1, 0.15) is 6.04 Å². The maximum Gasteiger partial charge on any atom is 0.407 e. The van der Waals surface area contributed by atoms with Crippen molar-refractivity contribution in [1.82, 2.24) is 4.90 Å². The van der Waals surface area contributed by atoms with Crippen molar-refractivity contribution in [2.45, 2.75) is 25.3 Å². The van der Waals surface area contributed by atoms with Crippen LogP contribution in [0.25, 0.3) is 5.53 Å². The fourth-order valence-electron chi connectivity index (χ4n) is 1.60. The predicted molar refractivity (Wildman–Crippen MR) is 47.1 cm³/mol. The van der Waals surface area contributed by atoms with Gasteiger partial charge < -0.3 is 10.6 Å². The van der Waals surface area contributed by atoms with Crippen LogP contribution in [0, 0.1) is 0 Å². The summed E-state index contributed by atoms with van der Waals surface area (Å²) in [6, 6.07) is -0.683. The molecule has 0 spiro atoms. The van der Waals surface area contributed by atoms with E-state index in [2.05, 4.69) is 4.79 Å². The van der Waals surface area contributed by atoms with Crippen molar-refractivity contribution in [2.75, 3.05) is 6.54 Å². The molecule has 1 atom stereocenters. The second kappa shape index (κ2) is 4.53. The van der Waals surface area contributed by atoms with E-state index in [9.17, 15) is 9.59 Å². The maximum absolute atomic E-state index is 11.3. The highest BCUT2D eigenvalue weighted by Gasteiger charge is 2.32. The Morgan fingerprint density at radius 1 is 1.50 bits per heavy atom. The first-order chi connectivity index (χ1) is 6.66. The van der Waals surface area contributed by atoms with Gasteiger partial charge in [-0.05, 0) is 19.3 Å². The fourth-order valence-corrected chi connectivity index (χ4v) is 1.60. The molecule has 6 nitrogen and oxygen atoms in total. The molecule has 0 aromatic rings. The number of piperidine rings is 1. The van der Waals surface area contributed by atoms with Gasteiger partial charge in [-0.3, -0.25) is 9.69 Å². The molecule has 0 aliphatic carbocycles. The number of hydrogen-bond donors (Lipinski definition) is 1. The molecule has 1 amide bonds. The molecule has 1 rings (SSSR count). The van der Waals surface area contributed by atoms with E-state index in [4.69, 9.17) is 10.6 Å². The Labute approximate surface area is 80.7 Å². The highest BCUT2D eigenvalue weighted by Crippen LogP contribution is 2.17. The third kappa shape index (κ3) is 2.17. The fraction of sp³-hybridized carbons (Fsp3) is 0.625. The highest BCUT2D eigenvalue weighted by molar-refractivity contribution is 6.28. The SMILES string of the molecule is [N-]=[N+]=CC(=O)C1CCCCN1C(=O)O. The minimum Gasteiger partial charge on any atom is -0.465 e. The average Bonchev–Trinajstić information content (AvgIpc) is 2.18. The van der Waals surface area contributed by atoms with Gasteiger partial charge in [0.25, 0.3) is 5.78 Å². The molecule has 14 heavy (non-hydrogen) atoms. The lowest BCUT2D eigenvalue weighted by molar-refractivity contribution is -0.121. The molecule has 1 aliphatic heterocycles. The van der Waals surface area contributed by atoms with Crippen LogP contribution >= 0.6 is 0 Å². The zero-order valence-electron chi connectivity index (χ0n) is 7.59. The number of likely N-dealkylation sites (tertiary alicyclic amines) is 1. The minimum atomic E-state index is -1.10. The van der Waals surface area contributed by atoms with Gasteiger partial charge in [0.2, 0.25) is 0 Å². The number of Topliss-reactive ketones (excluding diaryl/α,β-unsaturated/α-hetero) is 1. The van der Waals surface area contributed by atoms with E-state index in [0.29, 0.717) is 13.0 Å². The summed E-state index contributed by atoms with van der Waals surface area (Å²) >= 11 is 0. The molecule has 6 heteroatoms. The number of rotatable bonds is 2. The molecule has 1 saturated heterocycles. The van der Waals surface area contributed by atoms with E-state index in [1.165, 1.54) is 0 Å². The first-order valence-corrected chi connectivity index (χ1v) is 4.37. The van der Waals surface area contributed by atoms with Gasteiger partial charge >= 0.3 is 12.3 Å². The van der Waals surface area contributed by atoms with Crippen LogP contribution in [0.1, 0.15) is 19.3 Å². The van der Waals surface area contributed by atoms with Crippen molar-refractivity contribution in [3.8, 4) is 0 Å². The molecule has 0 aromatic heterocycles. The number of carboxylic acid groups (broad SMARTS) is 1. The first kappa shape index (κ1) is 10.4. The second-order valence-corrected chi connectivity index (χ2v) is 3.13. The number of nitrogens with zero attached hydrogens (tertiary/aromatic N) is 3. The number of carbonyl (C=O) groups excluding carboxylic acids is 1. The van der Waals surface area contributed by atoms with E-state index in [0.717, 1.165) is 24.0 Å². The van der Waals surface area contributed by atoms with Gasteiger partial charge in [0.05, 0.1) is 0 Å². The van der Waals surface area contributed by atoms with Gasteiger partial charge in [0, 0.05) is 6.54 Å². The van der Waals surface area contributed by atoms with Gasteiger partial charge in [0.15, 0.2) is 0 Å². The monoisotopic (exact) mass is 197 g/mol. The molecular formula is C8H11N3O3. The van der Waals surface area contributed by atoms with Crippen LogP contribution in [0.3, 0.4) is 0 Å².